The smallest absolute Gasteiger partial charge is 0.304 e. The van der Waals surface area contributed by atoms with Gasteiger partial charge in [0.25, 0.3) is 0 Å². The fraction of sp³-hybridized carbons (Fsp3) is 0.562. The van der Waals surface area contributed by atoms with Gasteiger partial charge in [-0.25, -0.2) is 4.39 Å². The van der Waals surface area contributed by atoms with Crippen molar-refractivity contribution in [2.24, 2.45) is 0 Å². The Hall–Kier alpha value is -1.62. The molecule has 0 aliphatic rings. The van der Waals surface area contributed by atoms with Crippen LogP contribution in [0.4, 0.5) is 10.1 Å². The molecule has 0 saturated carbocycles. The van der Waals surface area contributed by atoms with Crippen LogP contribution in [-0.4, -0.2) is 30.7 Å². The molecule has 0 bridgehead atoms. The van der Waals surface area contributed by atoms with E-state index in [0.717, 1.165) is 31.5 Å². The van der Waals surface area contributed by atoms with E-state index in [9.17, 15) is 9.18 Å². The standard InChI is InChI=1S/C16H25FN2O2/c1-3-9-19(10-4-2)15-11-13(5-6-14(15)17)12-18-8-7-16(20)21/h5-6,11,18H,3-4,7-10,12H2,1-2H3,(H,20,21). The quantitative estimate of drug-likeness (QED) is 0.652. The zero-order valence-electron chi connectivity index (χ0n) is 12.9. The minimum atomic E-state index is -0.820. The van der Waals surface area contributed by atoms with Crippen LogP contribution < -0.4 is 10.2 Å². The summed E-state index contributed by atoms with van der Waals surface area (Å²) < 4.78 is 14.0. The van der Waals surface area contributed by atoms with Crippen molar-refractivity contribution in [3.8, 4) is 0 Å². The van der Waals surface area contributed by atoms with E-state index >= 15 is 0 Å². The first kappa shape index (κ1) is 17.4. The molecule has 21 heavy (non-hydrogen) atoms. The van der Waals surface area contributed by atoms with Gasteiger partial charge in [-0.3, -0.25) is 4.79 Å². The molecule has 0 aromatic heterocycles. The first-order valence-electron chi connectivity index (χ1n) is 7.54. The number of hydrogen-bond acceptors (Lipinski definition) is 3. The Balaban J connectivity index is 2.71. The summed E-state index contributed by atoms with van der Waals surface area (Å²) in [5, 5.41) is 11.6. The lowest BCUT2D eigenvalue weighted by Gasteiger charge is -2.25. The SMILES string of the molecule is CCCN(CCC)c1cc(CNCCC(=O)O)ccc1F. The second-order valence-corrected chi connectivity index (χ2v) is 5.09. The van der Waals surface area contributed by atoms with Crippen LogP contribution in [0, 0.1) is 5.82 Å². The molecule has 0 heterocycles. The first-order valence-corrected chi connectivity index (χ1v) is 7.54. The number of halogens is 1. The molecule has 0 atom stereocenters. The lowest BCUT2D eigenvalue weighted by molar-refractivity contribution is -0.136. The van der Waals surface area contributed by atoms with E-state index in [0.29, 0.717) is 18.8 Å². The molecule has 4 nitrogen and oxygen atoms in total. The number of nitrogens with one attached hydrogen (secondary N) is 1. The number of carbonyl (C=O) groups is 1. The number of benzene rings is 1. The Labute approximate surface area is 126 Å². The maximum Gasteiger partial charge on any atom is 0.304 e. The van der Waals surface area contributed by atoms with Crippen LogP contribution in [0.15, 0.2) is 18.2 Å². The van der Waals surface area contributed by atoms with Crippen molar-refractivity contribution in [3.05, 3.63) is 29.6 Å². The summed E-state index contributed by atoms with van der Waals surface area (Å²) in [6, 6.07) is 5.08. The van der Waals surface area contributed by atoms with E-state index in [4.69, 9.17) is 5.11 Å². The lowest BCUT2D eigenvalue weighted by Crippen LogP contribution is -2.26. The van der Waals surface area contributed by atoms with Crippen LogP contribution in [0.5, 0.6) is 0 Å². The number of carboxylic acid groups (broad SMARTS) is 1. The second kappa shape index (κ2) is 9.34. The van der Waals surface area contributed by atoms with Crippen molar-refractivity contribution in [1.82, 2.24) is 5.32 Å². The lowest BCUT2D eigenvalue weighted by atomic mass is 10.1. The molecule has 0 aliphatic carbocycles. The van der Waals surface area contributed by atoms with Gasteiger partial charge in [-0.05, 0) is 30.5 Å². The van der Waals surface area contributed by atoms with Gasteiger partial charge in [-0.2, -0.15) is 0 Å². The van der Waals surface area contributed by atoms with Crippen molar-refractivity contribution < 1.29 is 14.3 Å². The number of aliphatic carboxylic acids is 1. The molecule has 0 spiro atoms. The molecule has 5 heteroatoms. The molecule has 2 N–H and O–H groups in total. The molecule has 0 amide bonds. The molecule has 0 fully saturated rings. The van der Waals surface area contributed by atoms with Gasteiger partial charge < -0.3 is 15.3 Å². The monoisotopic (exact) mass is 296 g/mol. The maximum absolute atomic E-state index is 14.0. The summed E-state index contributed by atoms with van der Waals surface area (Å²) in [4.78, 5) is 12.5. The van der Waals surface area contributed by atoms with Crippen molar-refractivity contribution in [2.45, 2.75) is 39.7 Å². The summed E-state index contributed by atoms with van der Waals surface area (Å²) in [6.45, 7) is 6.79. The molecule has 1 aromatic rings. The summed E-state index contributed by atoms with van der Waals surface area (Å²) in [6.07, 6.45) is 2.03. The molecule has 1 rings (SSSR count). The van der Waals surface area contributed by atoms with Crippen LogP contribution in [0.2, 0.25) is 0 Å². The normalized spacial score (nSPS) is 10.6. The van der Waals surface area contributed by atoms with Gasteiger partial charge in [0.05, 0.1) is 12.1 Å². The van der Waals surface area contributed by atoms with Gasteiger partial charge >= 0.3 is 5.97 Å². The van der Waals surface area contributed by atoms with E-state index in [1.807, 2.05) is 6.07 Å². The highest BCUT2D eigenvalue weighted by Gasteiger charge is 2.11. The zero-order valence-corrected chi connectivity index (χ0v) is 12.9. The number of anilines is 1. The number of rotatable bonds is 10. The molecule has 0 unspecified atom stereocenters. The summed E-state index contributed by atoms with van der Waals surface area (Å²) >= 11 is 0. The molecule has 0 saturated heterocycles. The predicted octanol–water partition coefficient (Wildman–Crippen LogP) is 3.02. The number of nitrogens with zero attached hydrogens (tertiary/aromatic N) is 1. The molecule has 118 valence electrons. The molecule has 0 radical (unpaired) electrons. The molecular formula is C16H25FN2O2. The summed E-state index contributed by atoms with van der Waals surface area (Å²) in [5.74, 6) is -1.02. The van der Waals surface area contributed by atoms with E-state index in [1.54, 1.807) is 6.07 Å². The van der Waals surface area contributed by atoms with Crippen molar-refractivity contribution in [2.75, 3.05) is 24.5 Å². The van der Waals surface area contributed by atoms with Gasteiger partial charge in [0.2, 0.25) is 0 Å². The second-order valence-electron chi connectivity index (χ2n) is 5.09. The topological polar surface area (TPSA) is 52.6 Å². The van der Waals surface area contributed by atoms with E-state index in [1.165, 1.54) is 6.07 Å². The Kier molecular flexibility index (Phi) is 7.75. The van der Waals surface area contributed by atoms with Gasteiger partial charge in [-0.1, -0.05) is 19.9 Å². The summed E-state index contributed by atoms with van der Waals surface area (Å²) in [7, 11) is 0. The fourth-order valence-corrected chi connectivity index (χ4v) is 2.23. The van der Waals surface area contributed by atoms with Crippen molar-refractivity contribution in [3.63, 3.8) is 0 Å². The van der Waals surface area contributed by atoms with Gasteiger partial charge in [0, 0.05) is 26.2 Å². The highest BCUT2D eigenvalue weighted by molar-refractivity contribution is 5.66. The molecule has 0 aliphatic heterocycles. The van der Waals surface area contributed by atoms with E-state index in [-0.39, 0.29) is 12.2 Å². The van der Waals surface area contributed by atoms with Gasteiger partial charge in [0.15, 0.2) is 0 Å². The van der Waals surface area contributed by atoms with Crippen LogP contribution in [0.1, 0.15) is 38.7 Å². The minimum Gasteiger partial charge on any atom is -0.481 e. The van der Waals surface area contributed by atoms with Crippen molar-refractivity contribution >= 4 is 11.7 Å². The van der Waals surface area contributed by atoms with Crippen LogP contribution >= 0.6 is 0 Å². The average molecular weight is 296 g/mol. The predicted molar refractivity (Wildman–Crippen MR) is 83.2 cm³/mol. The average Bonchev–Trinajstić information content (AvgIpc) is 2.45. The maximum atomic E-state index is 14.0. The third kappa shape index (κ3) is 6.12. The molecule has 1 aromatic carbocycles. The van der Waals surface area contributed by atoms with Crippen LogP contribution in [-0.2, 0) is 11.3 Å². The Morgan fingerprint density at radius 2 is 1.95 bits per heavy atom. The Morgan fingerprint density at radius 1 is 1.29 bits per heavy atom. The number of carboxylic acids is 1. The Bertz CT molecular complexity index is 446. The largest absolute Gasteiger partial charge is 0.481 e. The van der Waals surface area contributed by atoms with Crippen LogP contribution in [0.3, 0.4) is 0 Å². The van der Waals surface area contributed by atoms with Gasteiger partial charge in [-0.15, -0.1) is 0 Å². The van der Waals surface area contributed by atoms with Crippen LogP contribution in [0.25, 0.3) is 0 Å². The van der Waals surface area contributed by atoms with E-state index in [2.05, 4.69) is 24.1 Å². The highest BCUT2D eigenvalue weighted by atomic mass is 19.1. The van der Waals surface area contributed by atoms with E-state index < -0.39 is 5.97 Å². The van der Waals surface area contributed by atoms with Crippen molar-refractivity contribution in [1.29, 1.82) is 0 Å². The summed E-state index contributed by atoms with van der Waals surface area (Å²) in [5.41, 5.74) is 1.60. The third-order valence-corrected chi connectivity index (χ3v) is 3.18. The fourth-order valence-electron chi connectivity index (χ4n) is 2.23. The minimum absolute atomic E-state index is 0.0891. The third-order valence-electron chi connectivity index (χ3n) is 3.18. The highest BCUT2D eigenvalue weighted by Crippen LogP contribution is 2.21. The zero-order chi connectivity index (χ0) is 15.7. The van der Waals surface area contributed by atoms with Gasteiger partial charge in [0.1, 0.15) is 5.82 Å². The first-order chi connectivity index (χ1) is 10.1. The Morgan fingerprint density at radius 3 is 2.52 bits per heavy atom. The number of hydrogen-bond donors (Lipinski definition) is 2. The molecular weight excluding hydrogens is 271 g/mol.